The SMILES string of the molecule is COc1cc2c(cc1OC)CN(C(=O)Cc1csc(Nc3nc(C)cc(C)n3)n1)CC2. The van der Waals surface area contributed by atoms with E-state index in [0.29, 0.717) is 29.9 Å². The summed E-state index contributed by atoms with van der Waals surface area (Å²) in [6.45, 7) is 5.08. The van der Waals surface area contributed by atoms with Crippen LogP contribution in [-0.4, -0.2) is 46.5 Å². The van der Waals surface area contributed by atoms with E-state index in [4.69, 9.17) is 9.47 Å². The third kappa shape index (κ3) is 4.77. The molecule has 0 aliphatic carbocycles. The molecule has 162 valence electrons. The molecule has 0 atom stereocenters. The number of amides is 1. The highest BCUT2D eigenvalue weighted by molar-refractivity contribution is 7.13. The van der Waals surface area contributed by atoms with Crippen molar-refractivity contribution in [2.75, 3.05) is 26.1 Å². The Balaban J connectivity index is 1.41. The largest absolute Gasteiger partial charge is 0.493 e. The van der Waals surface area contributed by atoms with Crippen molar-refractivity contribution in [1.29, 1.82) is 0 Å². The first-order chi connectivity index (χ1) is 14.9. The average Bonchev–Trinajstić information content (AvgIpc) is 3.17. The average molecular weight is 440 g/mol. The number of anilines is 2. The molecule has 8 nitrogen and oxygen atoms in total. The molecule has 1 N–H and O–H groups in total. The van der Waals surface area contributed by atoms with Gasteiger partial charge in [-0.15, -0.1) is 11.3 Å². The second-order valence-corrected chi connectivity index (χ2v) is 8.32. The van der Waals surface area contributed by atoms with Crippen molar-refractivity contribution in [3.63, 3.8) is 0 Å². The van der Waals surface area contributed by atoms with Gasteiger partial charge in [0.15, 0.2) is 16.6 Å². The molecule has 9 heteroatoms. The van der Waals surface area contributed by atoms with Crippen molar-refractivity contribution < 1.29 is 14.3 Å². The lowest BCUT2D eigenvalue weighted by Crippen LogP contribution is -2.37. The van der Waals surface area contributed by atoms with Crippen LogP contribution in [0, 0.1) is 13.8 Å². The molecule has 4 rings (SSSR count). The molecular weight excluding hydrogens is 414 g/mol. The summed E-state index contributed by atoms with van der Waals surface area (Å²) in [4.78, 5) is 28.0. The Hall–Kier alpha value is -3.20. The van der Waals surface area contributed by atoms with Crippen LogP contribution in [0.1, 0.15) is 28.2 Å². The number of rotatable bonds is 6. The number of ether oxygens (including phenoxy) is 2. The van der Waals surface area contributed by atoms with E-state index in [1.165, 1.54) is 16.9 Å². The normalized spacial score (nSPS) is 13.0. The van der Waals surface area contributed by atoms with Crippen molar-refractivity contribution in [2.24, 2.45) is 0 Å². The summed E-state index contributed by atoms with van der Waals surface area (Å²) in [5.41, 5.74) is 4.79. The summed E-state index contributed by atoms with van der Waals surface area (Å²) in [5.74, 6) is 1.97. The van der Waals surface area contributed by atoms with Crippen LogP contribution in [0.2, 0.25) is 0 Å². The number of hydrogen-bond donors (Lipinski definition) is 1. The van der Waals surface area contributed by atoms with E-state index < -0.39 is 0 Å². The van der Waals surface area contributed by atoms with Crippen LogP contribution in [0.25, 0.3) is 0 Å². The molecular formula is C22H25N5O3S. The van der Waals surface area contributed by atoms with E-state index in [9.17, 15) is 4.79 Å². The lowest BCUT2D eigenvalue weighted by Gasteiger charge is -2.29. The molecule has 1 aromatic carbocycles. The van der Waals surface area contributed by atoms with Gasteiger partial charge in [-0.25, -0.2) is 15.0 Å². The zero-order valence-corrected chi connectivity index (χ0v) is 18.9. The van der Waals surface area contributed by atoms with Crippen molar-refractivity contribution in [2.45, 2.75) is 33.2 Å². The number of carbonyl (C=O) groups is 1. The quantitative estimate of drug-likeness (QED) is 0.629. The third-order valence-corrected chi connectivity index (χ3v) is 5.96. The van der Waals surface area contributed by atoms with Crippen LogP contribution in [0.5, 0.6) is 11.5 Å². The van der Waals surface area contributed by atoms with Gasteiger partial charge in [-0.3, -0.25) is 4.79 Å². The standard InChI is InChI=1S/C22H25N5O3S/c1-13-7-14(2)24-21(23-13)26-22-25-17(12-31-22)10-20(28)27-6-5-15-8-18(29-3)19(30-4)9-16(15)11-27/h7-9,12H,5-6,10-11H2,1-4H3,(H,23,24,25,26). The van der Waals surface area contributed by atoms with E-state index in [1.54, 1.807) is 14.2 Å². The zero-order valence-electron chi connectivity index (χ0n) is 18.1. The molecule has 3 aromatic rings. The second-order valence-electron chi connectivity index (χ2n) is 7.46. The maximum atomic E-state index is 12.9. The van der Waals surface area contributed by atoms with Gasteiger partial charge in [0.25, 0.3) is 0 Å². The van der Waals surface area contributed by atoms with E-state index in [0.717, 1.165) is 34.8 Å². The fourth-order valence-corrected chi connectivity index (χ4v) is 4.39. The molecule has 0 saturated carbocycles. The molecule has 2 aromatic heterocycles. The summed E-state index contributed by atoms with van der Waals surface area (Å²) in [6.07, 6.45) is 1.05. The second kappa shape index (κ2) is 8.89. The summed E-state index contributed by atoms with van der Waals surface area (Å²) in [6, 6.07) is 5.88. The molecule has 0 radical (unpaired) electrons. The van der Waals surface area contributed by atoms with Gasteiger partial charge in [-0.1, -0.05) is 0 Å². The fraction of sp³-hybridized carbons (Fsp3) is 0.364. The van der Waals surface area contributed by atoms with Crippen molar-refractivity contribution in [1.82, 2.24) is 19.9 Å². The maximum Gasteiger partial charge on any atom is 0.229 e. The minimum Gasteiger partial charge on any atom is -0.493 e. The van der Waals surface area contributed by atoms with Gasteiger partial charge < -0.3 is 19.7 Å². The zero-order chi connectivity index (χ0) is 22.0. The first kappa shape index (κ1) is 21.0. The van der Waals surface area contributed by atoms with E-state index in [2.05, 4.69) is 20.3 Å². The number of benzene rings is 1. The molecule has 0 saturated heterocycles. The topological polar surface area (TPSA) is 89.5 Å². The molecule has 31 heavy (non-hydrogen) atoms. The Morgan fingerprint density at radius 3 is 2.42 bits per heavy atom. The summed E-state index contributed by atoms with van der Waals surface area (Å²) in [5, 5.41) is 5.70. The lowest BCUT2D eigenvalue weighted by molar-refractivity contribution is -0.131. The number of fused-ring (bicyclic) bond motifs is 1. The number of nitrogens with one attached hydrogen (secondary N) is 1. The first-order valence-corrected chi connectivity index (χ1v) is 10.9. The Morgan fingerprint density at radius 1 is 1.06 bits per heavy atom. The van der Waals surface area contributed by atoms with E-state index in [1.807, 2.05) is 42.3 Å². The maximum absolute atomic E-state index is 12.9. The Bertz CT molecular complexity index is 1090. The molecule has 0 bridgehead atoms. The van der Waals surface area contributed by atoms with Crippen LogP contribution < -0.4 is 14.8 Å². The van der Waals surface area contributed by atoms with Gasteiger partial charge in [-0.05, 0) is 49.6 Å². The first-order valence-electron chi connectivity index (χ1n) is 10.0. The Labute approximate surface area is 185 Å². The molecule has 1 amide bonds. The number of hydrogen-bond acceptors (Lipinski definition) is 8. The minimum atomic E-state index is 0.0555. The number of aromatic nitrogens is 3. The van der Waals surface area contributed by atoms with Crippen molar-refractivity contribution in [3.05, 3.63) is 51.8 Å². The predicted octanol–water partition coefficient (Wildman–Crippen LogP) is 3.44. The van der Waals surface area contributed by atoms with Gasteiger partial charge in [-0.2, -0.15) is 0 Å². The smallest absolute Gasteiger partial charge is 0.229 e. The highest BCUT2D eigenvalue weighted by Gasteiger charge is 2.23. The molecule has 0 unspecified atom stereocenters. The summed E-state index contributed by atoms with van der Waals surface area (Å²) >= 11 is 1.44. The molecule has 0 fully saturated rings. The van der Waals surface area contributed by atoms with Crippen LogP contribution in [-0.2, 0) is 24.2 Å². The lowest BCUT2D eigenvalue weighted by atomic mass is 9.98. The number of aryl methyl sites for hydroxylation is 2. The highest BCUT2D eigenvalue weighted by atomic mass is 32.1. The van der Waals surface area contributed by atoms with Crippen LogP contribution >= 0.6 is 11.3 Å². The van der Waals surface area contributed by atoms with Gasteiger partial charge in [0.05, 0.1) is 26.3 Å². The van der Waals surface area contributed by atoms with Crippen LogP contribution in [0.4, 0.5) is 11.1 Å². The minimum absolute atomic E-state index is 0.0555. The number of methoxy groups -OCH3 is 2. The Kier molecular flexibility index (Phi) is 6.03. The van der Waals surface area contributed by atoms with E-state index in [-0.39, 0.29) is 12.3 Å². The highest BCUT2D eigenvalue weighted by Crippen LogP contribution is 2.33. The van der Waals surface area contributed by atoms with Crippen molar-refractivity contribution in [3.8, 4) is 11.5 Å². The predicted molar refractivity (Wildman–Crippen MR) is 119 cm³/mol. The molecule has 0 spiro atoms. The van der Waals surface area contributed by atoms with Gasteiger partial charge >= 0.3 is 0 Å². The fourth-order valence-electron chi connectivity index (χ4n) is 3.69. The summed E-state index contributed by atoms with van der Waals surface area (Å²) < 4.78 is 10.8. The van der Waals surface area contributed by atoms with Gasteiger partial charge in [0, 0.05) is 29.9 Å². The molecule has 1 aliphatic rings. The number of thiazole rings is 1. The van der Waals surface area contributed by atoms with E-state index >= 15 is 0 Å². The van der Waals surface area contributed by atoms with Crippen LogP contribution in [0.3, 0.4) is 0 Å². The summed E-state index contributed by atoms with van der Waals surface area (Å²) in [7, 11) is 3.25. The molecule has 3 heterocycles. The number of carbonyl (C=O) groups excluding carboxylic acids is 1. The molecule has 1 aliphatic heterocycles. The van der Waals surface area contributed by atoms with Gasteiger partial charge in [0.1, 0.15) is 0 Å². The Morgan fingerprint density at radius 2 is 1.74 bits per heavy atom. The van der Waals surface area contributed by atoms with Gasteiger partial charge in [0.2, 0.25) is 11.9 Å². The third-order valence-electron chi connectivity index (χ3n) is 5.16. The monoisotopic (exact) mass is 439 g/mol. The van der Waals surface area contributed by atoms with Crippen LogP contribution in [0.15, 0.2) is 23.6 Å². The van der Waals surface area contributed by atoms with Crippen molar-refractivity contribution >= 4 is 28.3 Å². The number of nitrogens with zero attached hydrogens (tertiary/aromatic N) is 4.